The summed E-state index contributed by atoms with van der Waals surface area (Å²) >= 11 is 0. The van der Waals surface area contributed by atoms with Gasteiger partial charge in [0.2, 0.25) is 0 Å². The van der Waals surface area contributed by atoms with Gasteiger partial charge in [0.1, 0.15) is 18.1 Å². The Bertz CT molecular complexity index is 1090. The van der Waals surface area contributed by atoms with Crippen LogP contribution in [-0.2, 0) is 16.6 Å². The molecule has 0 spiro atoms. The normalized spacial score (nSPS) is 14.4. The van der Waals surface area contributed by atoms with Crippen molar-refractivity contribution >= 4 is 15.7 Å². The second-order valence-electron chi connectivity index (χ2n) is 7.88. The topological polar surface area (TPSA) is 70.1 Å². The number of aromatic hydroxyl groups is 1. The first-order chi connectivity index (χ1) is 15.5. The molecule has 0 aromatic heterocycles. The highest BCUT2D eigenvalue weighted by atomic mass is 32.2. The monoisotopic (exact) mass is 452 g/mol. The molecule has 0 unspecified atom stereocenters. The number of anilines is 1. The van der Waals surface area contributed by atoms with Crippen LogP contribution in [0.1, 0.15) is 18.4 Å². The summed E-state index contributed by atoms with van der Waals surface area (Å²) in [5, 5.41) is 9.57. The van der Waals surface area contributed by atoms with E-state index < -0.39 is 10.0 Å². The Balaban J connectivity index is 1.54. The summed E-state index contributed by atoms with van der Waals surface area (Å²) in [6.07, 6.45) is 2.50. The molecule has 1 fully saturated rings. The van der Waals surface area contributed by atoms with Gasteiger partial charge in [-0.25, -0.2) is 8.42 Å². The Hall–Kier alpha value is -3.03. The third-order valence-electron chi connectivity index (χ3n) is 5.59. The van der Waals surface area contributed by atoms with Crippen LogP contribution in [0.2, 0.25) is 0 Å². The molecule has 1 aliphatic rings. The number of sulfonamides is 1. The summed E-state index contributed by atoms with van der Waals surface area (Å²) in [5.41, 5.74) is 1.32. The first-order valence-electron chi connectivity index (χ1n) is 10.8. The number of phenols is 1. The summed E-state index contributed by atoms with van der Waals surface area (Å²) < 4.78 is 34.1. The maximum atomic E-state index is 13.4. The minimum absolute atomic E-state index is 0.140. The maximum Gasteiger partial charge on any atom is 0.264 e. The Labute approximate surface area is 189 Å². The predicted octanol–water partition coefficient (Wildman–Crippen LogP) is 4.26. The molecule has 0 saturated carbocycles. The predicted molar refractivity (Wildman–Crippen MR) is 126 cm³/mol. The van der Waals surface area contributed by atoms with Crippen LogP contribution in [0.15, 0.2) is 83.8 Å². The van der Waals surface area contributed by atoms with Crippen molar-refractivity contribution in [1.82, 2.24) is 4.90 Å². The summed E-state index contributed by atoms with van der Waals surface area (Å²) in [6.45, 7) is 3.92. The third kappa shape index (κ3) is 5.41. The molecule has 1 aliphatic heterocycles. The molecule has 1 heterocycles. The van der Waals surface area contributed by atoms with Crippen molar-refractivity contribution in [3.05, 3.63) is 84.4 Å². The summed E-state index contributed by atoms with van der Waals surface area (Å²) in [6, 6.07) is 22.1. The van der Waals surface area contributed by atoms with Gasteiger partial charge in [0.15, 0.2) is 0 Å². The molecule has 0 atom stereocenters. The Kier molecular flexibility index (Phi) is 6.97. The van der Waals surface area contributed by atoms with E-state index in [1.807, 2.05) is 12.1 Å². The first kappa shape index (κ1) is 22.2. The van der Waals surface area contributed by atoms with Crippen molar-refractivity contribution in [2.75, 3.05) is 30.5 Å². The molecule has 7 heteroatoms. The van der Waals surface area contributed by atoms with E-state index in [9.17, 15) is 13.5 Å². The fourth-order valence-corrected chi connectivity index (χ4v) is 5.28. The van der Waals surface area contributed by atoms with Gasteiger partial charge in [-0.1, -0.05) is 30.3 Å². The molecule has 4 rings (SSSR count). The fourth-order valence-electron chi connectivity index (χ4n) is 3.81. The van der Waals surface area contributed by atoms with E-state index in [0.717, 1.165) is 30.9 Å². The molecule has 6 nitrogen and oxygen atoms in total. The minimum Gasteiger partial charge on any atom is -0.508 e. The van der Waals surface area contributed by atoms with Crippen molar-refractivity contribution in [3.8, 4) is 11.5 Å². The van der Waals surface area contributed by atoms with Gasteiger partial charge < -0.3 is 9.84 Å². The molecular formula is C25H28N2O4S. The number of benzene rings is 3. The second kappa shape index (κ2) is 10.1. The zero-order valence-electron chi connectivity index (χ0n) is 17.9. The van der Waals surface area contributed by atoms with Crippen LogP contribution in [0, 0.1) is 0 Å². The molecule has 32 heavy (non-hydrogen) atoms. The number of phenolic OH excluding ortho intramolecular Hbond substituents is 1. The molecule has 3 aromatic carbocycles. The highest BCUT2D eigenvalue weighted by molar-refractivity contribution is 7.92. The van der Waals surface area contributed by atoms with Crippen LogP contribution in [0.4, 0.5) is 5.69 Å². The van der Waals surface area contributed by atoms with Crippen molar-refractivity contribution in [2.24, 2.45) is 0 Å². The van der Waals surface area contributed by atoms with Gasteiger partial charge >= 0.3 is 0 Å². The average molecular weight is 453 g/mol. The van der Waals surface area contributed by atoms with E-state index in [-0.39, 0.29) is 17.2 Å². The lowest BCUT2D eigenvalue weighted by Gasteiger charge is -2.25. The molecule has 1 saturated heterocycles. The van der Waals surface area contributed by atoms with Crippen LogP contribution in [0.25, 0.3) is 0 Å². The largest absolute Gasteiger partial charge is 0.508 e. The van der Waals surface area contributed by atoms with E-state index in [0.29, 0.717) is 12.3 Å². The van der Waals surface area contributed by atoms with E-state index >= 15 is 0 Å². The SMILES string of the molecule is O=S(=O)(c1ccccc1)N(Cc1ccc(O)cc1)c1ccc(OCCN2CCCC2)cc1. The second-order valence-corrected chi connectivity index (χ2v) is 9.74. The summed E-state index contributed by atoms with van der Waals surface area (Å²) in [5.74, 6) is 0.858. The summed E-state index contributed by atoms with van der Waals surface area (Å²) in [4.78, 5) is 2.62. The van der Waals surface area contributed by atoms with Crippen molar-refractivity contribution in [1.29, 1.82) is 0 Å². The molecule has 0 bridgehead atoms. The fraction of sp³-hybridized carbons (Fsp3) is 0.280. The zero-order valence-corrected chi connectivity index (χ0v) is 18.7. The molecule has 1 N–H and O–H groups in total. The van der Waals surface area contributed by atoms with Crippen molar-refractivity contribution in [3.63, 3.8) is 0 Å². The molecule has 3 aromatic rings. The smallest absolute Gasteiger partial charge is 0.264 e. The Morgan fingerprint density at radius 3 is 2.19 bits per heavy atom. The lowest BCUT2D eigenvalue weighted by atomic mass is 10.2. The van der Waals surface area contributed by atoms with Gasteiger partial charge in [0.25, 0.3) is 10.0 Å². The molecule has 0 aliphatic carbocycles. The van der Waals surface area contributed by atoms with Gasteiger partial charge in [-0.3, -0.25) is 9.21 Å². The average Bonchev–Trinajstić information content (AvgIpc) is 3.33. The highest BCUT2D eigenvalue weighted by Gasteiger charge is 2.25. The molecule has 168 valence electrons. The van der Waals surface area contributed by atoms with Gasteiger partial charge in [-0.2, -0.15) is 0 Å². The zero-order chi connectivity index (χ0) is 22.4. The van der Waals surface area contributed by atoms with Crippen molar-refractivity contribution in [2.45, 2.75) is 24.3 Å². The molecule has 0 radical (unpaired) electrons. The van der Waals surface area contributed by atoms with Crippen LogP contribution in [0.3, 0.4) is 0 Å². The lowest BCUT2D eigenvalue weighted by molar-refractivity contribution is 0.238. The minimum atomic E-state index is -3.78. The van der Waals surface area contributed by atoms with E-state index in [2.05, 4.69) is 4.90 Å². The number of ether oxygens (including phenoxy) is 1. The standard InChI is InChI=1S/C25H28N2O4S/c28-23-12-8-21(9-13-23)20-27(32(29,30)25-6-2-1-3-7-25)22-10-14-24(15-11-22)31-19-18-26-16-4-5-17-26/h1-3,6-15,28H,4-5,16-20H2. The van der Waals surface area contributed by atoms with Crippen LogP contribution < -0.4 is 9.04 Å². The Morgan fingerprint density at radius 2 is 1.53 bits per heavy atom. The van der Waals surface area contributed by atoms with E-state index in [1.165, 1.54) is 17.1 Å². The third-order valence-corrected chi connectivity index (χ3v) is 7.38. The van der Waals surface area contributed by atoms with Gasteiger partial charge in [-0.15, -0.1) is 0 Å². The number of likely N-dealkylation sites (tertiary alicyclic amines) is 1. The van der Waals surface area contributed by atoms with Crippen LogP contribution in [-0.4, -0.2) is 44.7 Å². The van der Waals surface area contributed by atoms with E-state index in [1.54, 1.807) is 66.7 Å². The number of rotatable bonds is 9. The molecule has 0 amide bonds. The number of hydrogen-bond acceptors (Lipinski definition) is 5. The van der Waals surface area contributed by atoms with E-state index in [4.69, 9.17) is 4.74 Å². The number of hydrogen-bond donors (Lipinski definition) is 1. The van der Waals surface area contributed by atoms with Crippen molar-refractivity contribution < 1.29 is 18.3 Å². The van der Waals surface area contributed by atoms with Gasteiger partial charge in [0.05, 0.1) is 17.1 Å². The van der Waals surface area contributed by atoms with Crippen LogP contribution in [0.5, 0.6) is 11.5 Å². The summed E-state index contributed by atoms with van der Waals surface area (Å²) in [7, 11) is -3.78. The van der Waals surface area contributed by atoms with Gasteiger partial charge in [0, 0.05) is 6.54 Å². The number of nitrogens with zero attached hydrogens (tertiary/aromatic N) is 2. The van der Waals surface area contributed by atoms with Gasteiger partial charge in [-0.05, 0) is 80.0 Å². The molecular weight excluding hydrogens is 424 g/mol. The first-order valence-corrected chi connectivity index (χ1v) is 12.3. The van der Waals surface area contributed by atoms with Crippen LogP contribution >= 0.6 is 0 Å². The quantitative estimate of drug-likeness (QED) is 0.525. The maximum absolute atomic E-state index is 13.4. The highest BCUT2D eigenvalue weighted by Crippen LogP contribution is 2.28. The lowest BCUT2D eigenvalue weighted by Crippen LogP contribution is -2.30. The Morgan fingerprint density at radius 1 is 0.875 bits per heavy atom.